The molecule has 0 bridgehead atoms. The van der Waals surface area contributed by atoms with Gasteiger partial charge in [-0.25, -0.2) is 4.79 Å². The lowest BCUT2D eigenvalue weighted by molar-refractivity contribution is 0.210. The summed E-state index contributed by atoms with van der Waals surface area (Å²) in [4.78, 5) is 10.7. The maximum absolute atomic E-state index is 10.7. The minimum atomic E-state index is -1.10. The molecule has 3 nitrogen and oxygen atoms in total. The van der Waals surface area contributed by atoms with Gasteiger partial charge in [0.05, 0.1) is 5.69 Å². The van der Waals surface area contributed by atoms with Crippen LogP contribution in [-0.4, -0.2) is 11.2 Å². The Kier molecular flexibility index (Phi) is 3.12. The average molecular weight is 254 g/mol. The van der Waals surface area contributed by atoms with Crippen LogP contribution in [0.2, 0.25) is 5.02 Å². The van der Waals surface area contributed by atoms with Crippen LogP contribution in [0.25, 0.3) is 11.1 Å². The van der Waals surface area contributed by atoms with Crippen LogP contribution in [0.4, 0.5) is 10.5 Å². The molecule has 1 heterocycles. The normalized spacial score (nSPS) is 10.1. The second-order valence-electron chi connectivity index (χ2n) is 3.13. The van der Waals surface area contributed by atoms with E-state index in [-0.39, 0.29) is 0 Å². The van der Waals surface area contributed by atoms with Gasteiger partial charge in [0.25, 0.3) is 0 Å². The molecule has 0 aliphatic rings. The van der Waals surface area contributed by atoms with Crippen LogP contribution in [0.5, 0.6) is 0 Å². The molecular weight excluding hydrogens is 246 g/mol. The fourth-order valence-electron chi connectivity index (χ4n) is 1.40. The lowest BCUT2D eigenvalue weighted by Crippen LogP contribution is -2.08. The highest BCUT2D eigenvalue weighted by atomic mass is 35.5. The number of benzene rings is 1. The zero-order chi connectivity index (χ0) is 11.5. The van der Waals surface area contributed by atoms with E-state index in [1.54, 1.807) is 29.5 Å². The predicted molar refractivity (Wildman–Crippen MR) is 66.4 cm³/mol. The van der Waals surface area contributed by atoms with E-state index in [9.17, 15) is 4.79 Å². The van der Waals surface area contributed by atoms with E-state index in [2.05, 4.69) is 5.32 Å². The van der Waals surface area contributed by atoms with Crippen LogP contribution >= 0.6 is 22.9 Å². The Labute approximate surface area is 101 Å². The topological polar surface area (TPSA) is 49.3 Å². The summed E-state index contributed by atoms with van der Waals surface area (Å²) in [5.74, 6) is 0. The second-order valence-corrected chi connectivity index (χ2v) is 4.35. The molecule has 0 saturated heterocycles. The van der Waals surface area contributed by atoms with Crippen LogP contribution < -0.4 is 5.32 Å². The van der Waals surface area contributed by atoms with Gasteiger partial charge in [-0.2, -0.15) is 11.3 Å². The van der Waals surface area contributed by atoms with E-state index in [0.717, 1.165) is 11.1 Å². The maximum Gasteiger partial charge on any atom is 0.409 e. The van der Waals surface area contributed by atoms with Gasteiger partial charge in [-0.3, -0.25) is 5.32 Å². The van der Waals surface area contributed by atoms with Gasteiger partial charge in [0.2, 0.25) is 0 Å². The fraction of sp³-hybridized carbons (Fsp3) is 0. The van der Waals surface area contributed by atoms with Crippen molar-refractivity contribution < 1.29 is 9.90 Å². The van der Waals surface area contributed by atoms with Crippen LogP contribution in [0, 0.1) is 0 Å². The van der Waals surface area contributed by atoms with Crippen molar-refractivity contribution in [3.05, 3.63) is 40.0 Å². The molecule has 0 atom stereocenters. The summed E-state index contributed by atoms with van der Waals surface area (Å²) in [6.45, 7) is 0. The molecule has 82 valence electrons. The number of anilines is 1. The average Bonchev–Trinajstić information content (AvgIpc) is 2.69. The first-order chi connectivity index (χ1) is 7.66. The molecule has 0 aliphatic carbocycles. The van der Waals surface area contributed by atoms with Crippen molar-refractivity contribution in [2.45, 2.75) is 0 Å². The molecule has 0 spiro atoms. The van der Waals surface area contributed by atoms with E-state index in [1.165, 1.54) is 0 Å². The Bertz CT molecular complexity index is 511. The summed E-state index contributed by atoms with van der Waals surface area (Å²) >= 11 is 7.39. The number of nitrogens with one attached hydrogen (secondary N) is 1. The highest BCUT2D eigenvalue weighted by molar-refractivity contribution is 7.08. The lowest BCUT2D eigenvalue weighted by atomic mass is 10.1. The van der Waals surface area contributed by atoms with Gasteiger partial charge in [0, 0.05) is 10.6 Å². The van der Waals surface area contributed by atoms with Gasteiger partial charge in [0.1, 0.15) is 0 Å². The first kappa shape index (κ1) is 11.0. The minimum absolute atomic E-state index is 0.499. The third kappa shape index (κ3) is 2.35. The van der Waals surface area contributed by atoms with Crippen molar-refractivity contribution in [3.63, 3.8) is 0 Å². The van der Waals surface area contributed by atoms with E-state index in [4.69, 9.17) is 16.7 Å². The van der Waals surface area contributed by atoms with Crippen LogP contribution in [0.1, 0.15) is 0 Å². The third-order valence-corrected chi connectivity index (χ3v) is 2.97. The van der Waals surface area contributed by atoms with Gasteiger partial charge >= 0.3 is 6.09 Å². The van der Waals surface area contributed by atoms with E-state index < -0.39 is 6.09 Å². The minimum Gasteiger partial charge on any atom is -0.465 e. The third-order valence-electron chi connectivity index (χ3n) is 2.06. The molecule has 0 saturated carbocycles. The van der Waals surface area contributed by atoms with Crippen molar-refractivity contribution in [2.24, 2.45) is 0 Å². The number of carboxylic acid groups (broad SMARTS) is 1. The molecule has 1 amide bonds. The molecule has 1 aromatic carbocycles. The van der Waals surface area contributed by atoms with Gasteiger partial charge in [0.15, 0.2) is 0 Å². The highest BCUT2D eigenvalue weighted by Gasteiger charge is 2.08. The largest absolute Gasteiger partial charge is 0.465 e. The first-order valence-electron chi connectivity index (χ1n) is 4.49. The summed E-state index contributed by atoms with van der Waals surface area (Å²) in [5, 5.41) is 15.5. The quantitative estimate of drug-likeness (QED) is 0.844. The molecule has 0 unspecified atom stereocenters. The van der Waals surface area contributed by atoms with Crippen molar-refractivity contribution in [1.29, 1.82) is 0 Å². The zero-order valence-electron chi connectivity index (χ0n) is 8.11. The Morgan fingerprint density at radius 1 is 1.38 bits per heavy atom. The summed E-state index contributed by atoms with van der Waals surface area (Å²) in [6.07, 6.45) is -1.10. The molecule has 16 heavy (non-hydrogen) atoms. The smallest absolute Gasteiger partial charge is 0.409 e. The molecule has 2 N–H and O–H groups in total. The molecule has 2 rings (SSSR count). The fourth-order valence-corrected chi connectivity index (χ4v) is 2.23. The Hall–Kier alpha value is -1.52. The SMILES string of the molecule is O=C(O)Nc1cc(Cl)ccc1-c1ccsc1. The number of hydrogen-bond donors (Lipinski definition) is 2. The van der Waals surface area contributed by atoms with Crippen molar-refractivity contribution >= 4 is 34.7 Å². The highest BCUT2D eigenvalue weighted by Crippen LogP contribution is 2.31. The van der Waals surface area contributed by atoms with Gasteiger partial charge < -0.3 is 5.11 Å². The van der Waals surface area contributed by atoms with E-state index in [0.29, 0.717) is 10.7 Å². The number of hydrogen-bond acceptors (Lipinski definition) is 2. The van der Waals surface area contributed by atoms with Gasteiger partial charge in [-0.1, -0.05) is 17.7 Å². The summed E-state index contributed by atoms with van der Waals surface area (Å²) in [5.41, 5.74) is 2.30. The number of carbonyl (C=O) groups is 1. The monoisotopic (exact) mass is 253 g/mol. The van der Waals surface area contributed by atoms with E-state index in [1.807, 2.05) is 16.8 Å². The Morgan fingerprint density at radius 3 is 2.81 bits per heavy atom. The van der Waals surface area contributed by atoms with Crippen LogP contribution in [-0.2, 0) is 0 Å². The van der Waals surface area contributed by atoms with Gasteiger partial charge in [-0.05, 0) is 34.5 Å². The number of amides is 1. The molecule has 5 heteroatoms. The predicted octanol–water partition coefficient (Wildman–Crippen LogP) is 4.16. The molecule has 0 fully saturated rings. The Balaban J connectivity index is 2.48. The van der Waals surface area contributed by atoms with Crippen molar-refractivity contribution in [2.75, 3.05) is 5.32 Å². The summed E-state index contributed by atoms with van der Waals surface area (Å²) in [7, 11) is 0. The second kappa shape index (κ2) is 4.55. The molecular formula is C11H8ClNO2S. The molecule has 2 aromatic rings. The summed E-state index contributed by atoms with van der Waals surface area (Å²) in [6, 6.07) is 7.07. The number of thiophene rings is 1. The molecule has 0 aliphatic heterocycles. The number of halogens is 1. The Morgan fingerprint density at radius 2 is 2.19 bits per heavy atom. The van der Waals surface area contributed by atoms with Crippen molar-refractivity contribution in [1.82, 2.24) is 0 Å². The molecule has 0 radical (unpaired) electrons. The van der Waals surface area contributed by atoms with E-state index >= 15 is 0 Å². The molecule has 1 aromatic heterocycles. The lowest BCUT2D eigenvalue weighted by Gasteiger charge is -2.08. The van der Waals surface area contributed by atoms with Crippen molar-refractivity contribution in [3.8, 4) is 11.1 Å². The standard InChI is InChI=1S/C11H8ClNO2S/c12-8-1-2-9(7-3-4-16-6-7)10(5-8)13-11(14)15/h1-6,13H,(H,14,15). The number of rotatable bonds is 2. The maximum atomic E-state index is 10.7. The zero-order valence-corrected chi connectivity index (χ0v) is 9.68. The summed E-state index contributed by atoms with van der Waals surface area (Å²) < 4.78 is 0. The van der Waals surface area contributed by atoms with Gasteiger partial charge in [-0.15, -0.1) is 0 Å². The van der Waals surface area contributed by atoms with Crippen LogP contribution in [0.3, 0.4) is 0 Å². The first-order valence-corrected chi connectivity index (χ1v) is 5.81. The van der Waals surface area contributed by atoms with Crippen LogP contribution in [0.15, 0.2) is 35.0 Å².